The maximum Gasteiger partial charge on any atom is 0.177 e. The van der Waals surface area contributed by atoms with Crippen molar-refractivity contribution in [2.45, 2.75) is 38.3 Å². The summed E-state index contributed by atoms with van der Waals surface area (Å²) < 4.78 is 5.15. The Hall–Kier alpha value is -0.160. The molecule has 0 amide bonds. The summed E-state index contributed by atoms with van der Waals surface area (Å²) in [7, 11) is 0. The maximum atomic E-state index is 9.17. The quantitative estimate of drug-likeness (QED) is 0.502. The van der Waals surface area contributed by atoms with E-state index in [-0.39, 0.29) is 18.5 Å². The van der Waals surface area contributed by atoms with Crippen LogP contribution in [-0.2, 0) is 9.57 Å². The first-order valence-electron chi connectivity index (χ1n) is 3.43. The Kier molecular flexibility index (Phi) is 2.62. The summed E-state index contributed by atoms with van der Waals surface area (Å²) >= 11 is 0. The van der Waals surface area contributed by atoms with E-state index in [9.17, 15) is 0 Å². The summed E-state index contributed by atoms with van der Waals surface area (Å²) in [5, 5.41) is 9.17. The molecule has 0 bridgehead atoms. The number of aliphatic hydroxyl groups is 1. The molecule has 1 heterocycles. The highest BCUT2D eigenvalue weighted by molar-refractivity contribution is 4.70. The van der Waals surface area contributed by atoms with Gasteiger partial charge in [-0.15, -0.1) is 0 Å². The Morgan fingerprint density at radius 1 is 1.60 bits per heavy atom. The first kappa shape index (κ1) is 7.94. The Morgan fingerprint density at radius 2 is 2.30 bits per heavy atom. The molecule has 0 aromatic carbocycles. The summed E-state index contributed by atoms with van der Waals surface area (Å²) in [5.41, 5.74) is 0. The minimum absolute atomic E-state index is 0.165. The zero-order valence-corrected chi connectivity index (χ0v) is 5.99. The second-order valence-electron chi connectivity index (χ2n) is 2.55. The van der Waals surface area contributed by atoms with Crippen molar-refractivity contribution in [3.05, 3.63) is 0 Å². The monoisotopic (exact) mass is 147 g/mol. The molecule has 1 rings (SSSR count). The van der Waals surface area contributed by atoms with E-state index in [0.29, 0.717) is 12.8 Å². The lowest BCUT2D eigenvalue weighted by Gasteiger charge is -2.29. The first-order chi connectivity index (χ1) is 4.74. The van der Waals surface area contributed by atoms with E-state index >= 15 is 0 Å². The van der Waals surface area contributed by atoms with E-state index in [1.165, 1.54) is 0 Å². The third-order valence-corrected chi connectivity index (χ3v) is 1.76. The van der Waals surface area contributed by atoms with Crippen LogP contribution >= 0.6 is 0 Å². The number of nitrogens with two attached hydrogens (primary N) is 1. The minimum atomic E-state index is -0.369. The topological polar surface area (TPSA) is 64.7 Å². The Bertz CT molecular complexity index is 109. The Labute approximate surface area is 59.9 Å². The molecular formula is C6H13NO3. The standard InChI is InChI=1S/C6H13NO3/c1-4-5(8)2-3-6(9-4)10-7/h4-6,8H,2-3,7H2,1H3/t4-,5-,6-/m1/s1. The van der Waals surface area contributed by atoms with Crippen LogP contribution in [0.1, 0.15) is 19.8 Å². The van der Waals surface area contributed by atoms with Crippen molar-refractivity contribution in [1.29, 1.82) is 0 Å². The SMILES string of the molecule is C[C@H]1O[C@H](ON)CC[C@H]1O. The second-order valence-corrected chi connectivity index (χ2v) is 2.55. The molecule has 0 radical (unpaired) electrons. The molecule has 1 aliphatic heterocycles. The normalized spacial score (nSPS) is 41.7. The van der Waals surface area contributed by atoms with Crippen molar-refractivity contribution in [2.75, 3.05) is 0 Å². The average molecular weight is 147 g/mol. The minimum Gasteiger partial charge on any atom is -0.390 e. The Morgan fingerprint density at radius 3 is 2.80 bits per heavy atom. The van der Waals surface area contributed by atoms with Crippen LogP contribution < -0.4 is 5.90 Å². The summed E-state index contributed by atoms with van der Waals surface area (Å²) in [4.78, 5) is 4.48. The molecule has 0 aliphatic carbocycles. The van der Waals surface area contributed by atoms with Crippen molar-refractivity contribution in [3.8, 4) is 0 Å². The molecule has 3 N–H and O–H groups in total. The van der Waals surface area contributed by atoms with Crippen LogP contribution in [0.25, 0.3) is 0 Å². The molecule has 60 valence electrons. The summed E-state index contributed by atoms with van der Waals surface area (Å²) in [6.07, 6.45) is 0.498. The summed E-state index contributed by atoms with van der Waals surface area (Å²) in [6.45, 7) is 1.80. The van der Waals surface area contributed by atoms with E-state index in [1.54, 1.807) is 6.92 Å². The van der Waals surface area contributed by atoms with Gasteiger partial charge in [-0.2, -0.15) is 0 Å². The van der Waals surface area contributed by atoms with E-state index in [2.05, 4.69) is 4.84 Å². The van der Waals surface area contributed by atoms with Gasteiger partial charge in [0.1, 0.15) is 0 Å². The van der Waals surface area contributed by atoms with Gasteiger partial charge in [0.25, 0.3) is 0 Å². The smallest absolute Gasteiger partial charge is 0.177 e. The first-order valence-corrected chi connectivity index (χ1v) is 3.43. The molecule has 4 heteroatoms. The lowest BCUT2D eigenvalue weighted by molar-refractivity contribution is -0.219. The van der Waals surface area contributed by atoms with Crippen LogP contribution in [0.15, 0.2) is 0 Å². The van der Waals surface area contributed by atoms with Crippen LogP contribution in [0.5, 0.6) is 0 Å². The molecule has 1 aliphatic rings. The highest BCUT2D eigenvalue weighted by Gasteiger charge is 2.26. The fourth-order valence-corrected chi connectivity index (χ4v) is 1.04. The van der Waals surface area contributed by atoms with Crippen molar-refractivity contribution in [3.63, 3.8) is 0 Å². The molecule has 0 spiro atoms. The van der Waals surface area contributed by atoms with Crippen molar-refractivity contribution < 1.29 is 14.7 Å². The number of hydrogen-bond donors (Lipinski definition) is 2. The maximum absolute atomic E-state index is 9.17. The predicted molar refractivity (Wildman–Crippen MR) is 34.8 cm³/mol. The van der Waals surface area contributed by atoms with Gasteiger partial charge in [-0.25, -0.2) is 5.90 Å². The lowest BCUT2D eigenvalue weighted by atomic mass is 10.1. The molecule has 1 saturated heterocycles. The van der Waals surface area contributed by atoms with E-state index in [1.807, 2.05) is 0 Å². The second kappa shape index (κ2) is 3.30. The average Bonchev–Trinajstić information content (AvgIpc) is 1.95. The van der Waals surface area contributed by atoms with Gasteiger partial charge in [-0.05, 0) is 13.3 Å². The van der Waals surface area contributed by atoms with Gasteiger partial charge >= 0.3 is 0 Å². The predicted octanol–water partition coefficient (Wildman–Crippen LogP) is -0.237. The van der Waals surface area contributed by atoms with Crippen LogP contribution in [0, 0.1) is 0 Å². The molecule has 0 unspecified atom stereocenters. The molecular weight excluding hydrogens is 134 g/mol. The fraction of sp³-hybridized carbons (Fsp3) is 1.00. The van der Waals surface area contributed by atoms with Gasteiger partial charge in [-0.3, -0.25) is 4.84 Å². The van der Waals surface area contributed by atoms with Crippen molar-refractivity contribution in [1.82, 2.24) is 0 Å². The van der Waals surface area contributed by atoms with Gasteiger partial charge in [-0.1, -0.05) is 0 Å². The van der Waals surface area contributed by atoms with Gasteiger partial charge in [0.2, 0.25) is 0 Å². The van der Waals surface area contributed by atoms with Crippen LogP contribution in [0.3, 0.4) is 0 Å². The van der Waals surface area contributed by atoms with Crippen LogP contribution in [0.4, 0.5) is 0 Å². The van der Waals surface area contributed by atoms with Gasteiger partial charge < -0.3 is 9.84 Å². The highest BCUT2D eigenvalue weighted by Crippen LogP contribution is 2.18. The number of aliphatic hydroxyl groups excluding tert-OH is 1. The largest absolute Gasteiger partial charge is 0.390 e. The molecule has 0 aromatic rings. The highest BCUT2D eigenvalue weighted by atomic mass is 16.8. The van der Waals surface area contributed by atoms with Crippen molar-refractivity contribution >= 4 is 0 Å². The number of ether oxygens (including phenoxy) is 1. The molecule has 1 fully saturated rings. The molecule has 0 saturated carbocycles. The third kappa shape index (κ3) is 1.67. The summed E-state index contributed by atoms with van der Waals surface area (Å²) in [6, 6.07) is 0. The molecule has 4 nitrogen and oxygen atoms in total. The van der Waals surface area contributed by atoms with E-state index in [4.69, 9.17) is 15.7 Å². The van der Waals surface area contributed by atoms with E-state index in [0.717, 1.165) is 0 Å². The zero-order chi connectivity index (χ0) is 7.56. The number of rotatable bonds is 1. The summed E-state index contributed by atoms with van der Waals surface area (Å²) in [5.74, 6) is 4.90. The van der Waals surface area contributed by atoms with Gasteiger partial charge in [0.15, 0.2) is 6.29 Å². The van der Waals surface area contributed by atoms with E-state index < -0.39 is 0 Å². The lowest BCUT2D eigenvalue weighted by Crippen LogP contribution is -2.38. The van der Waals surface area contributed by atoms with Crippen LogP contribution in [-0.4, -0.2) is 23.6 Å². The van der Waals surface area contributed by atoms with Gasteiger partial charge in [0.05, 0.1) is 12.2 Å². The Balaban J connectivity index is 2.33. The molecule has 3 atom stereocenters. The zero-order valence-electron chi connectivity index (χ0n) is 5.99. The molecule has 10 heavy (non-hydrogen) atoms. The van der Waals surface area contributed by atoms with Crippen molar-refractivity contribution in [2.24, 2.45) is 5.90 Å². The van der Waals surface area contributed by atoms with Gasteiger partial charge in [0, 0.05) is 6.42 Å². The third-order valence-electron chi connectivity index (χ3n) is 1.76. The van der Waals surface area contributed by atoms with Crippen LogP contribution in [0.2, 0.25) is 0 Å². The fourth-order valence-electron chi connectivity index (χ4n) is 1.04. The molecule has 0 aromatic heterocycles. The number of hydrogen-bond acceptors (Lipinski definition) is 4.